The zero-order valence-electron chi connectivity index (χ0n) is 22.3. The molecule has 0 bridgehead atoms. The number of hydrazone groups is 1. The number of aromatic nitrogens is 1. The van der Waals surface area contributed by atoms with Gasteiger partial charge in [0.05, 0.1) is 31.0 Å². The number of halogens is 1. The molecule has 41 heavy (non-hydrogen) atoms. The third-order valence-electron chi connectivity index (χ3n) is 6.23. The molecule has 0 saturated carbocycles. The van der Waals surface area contributed by atoms with Crippen LogP contribution in [0.15, 0.2) is 101 Å². The topological polar surface area (TPSA) is 102 Å². The van der Waals surface area contributed by atoms with E-state index in [0.29, 0.717) is 34.9 Å². The average molecular weight is 612 g/mol. The second-order valence-electron chi connectivity index (χ2n) is 8.86. The highest BCUT2D eigenvalue weighted by Gasteiger charge is 2.20. The number of carbonyl (C=O) groups excluding carboxylic acids is 2. The number of ether oxygens (including phenoxy) is 3. The van der Waals surface area contributed by atoms with E-state index >= 15 is 0 Å². The zero-order chi connectivity index (χ0) is 28.8. The lowest BCUT2D eigenvalue weighted by atomic mass is 10.0. The van der Waals surface area contributed by atoms with E-state index < -0.39 is 11.9 Å². The van der Waals surface area contributed by atoms with Gasteiger partial charge in [-0.25, -0.2) is 10.2 Å². The van der Waals surface area contributed by atoms with Crippen molar-refractivity contribution in [3.63, 3.8) is 0 Å². The predicted molar refractivity (Wildman–Crippen MR) is 162 cm³/mol. The summed E-state index contributed by atoms with van der Waals surface area (Å²) in [5.41, 5.74) is 6.51. The van der Waals surface area contributed by atoms with Gasteiger partial charge < -0.3 is 19.2 Å². The van der Waals surface area contributed by atoms with Gasteiger partial charge in [-0.3, -0.25) is 4.79 Å². The summed E-state index contributed by atoms with van der Waals surface area (Å²) in [6, 6.07) is 27.2. The third-order valence-corrected chi connectivity index (χ3v) is 6.89. The van der Waals surface area contributed by atoms with Crippen molar-refractivity contribution in [3.05, 3.63) is 112 Å². The molecule has 4 aromatic carbocycles. The number of hydrogen-bond acceptors (Lipinski definition) is 6. The van der Waals surface area contributed by atoms with E-state index in [2.05, 4.69) is 31.4 Å². The smallest absolute Gasteiger partial charge is 0.343 e. The van der Waals surface area contributed by atoms with Crippen molar-refractivity contribution in [2.24, 2.45) is 5.10 Å². The van der Waals surface area contributed by atoms with Crippen molar-refractivity contribution < 1.29 is 23.8 Å². The molecular formula is C32H26BrN3O5. The summed E-state index contributed by atoms with van der Waals surface area (Å²) in [6.45, 7) is 2.19. The van der Waals surface area contributed by atoms with Gasteiger partial charge >= 0.3 is 5.97 Å². The fourth-order valence-corrected chi connectivity index (χ4v) is 4.81. The van der Waals surface area contributed by atoms with Crippen LogP contribution >= 0.6 is 15.9 Å². The summed E-state index contributed by atoms with van der Waals surface area (Å²) in [4.78, 5) is 29.2. The Bertz CT molecular complexity index is 1750. The van der Waals surface area contributed by atoms with E-state index in [4.69, 9.17) is 14.2 Å². The second-order valence-corrected chi connectivity index (χ2v) is 9.72. The van der Waals surface area contributed by atoms with E-state index in [1.54, 1.807) is 42.5 Å². The van der Waals surface area contributed by atoms with Crippen molar-refractivity contribution in [1.29, 1.82) is 0 Å². The summed E-state index contributed by atoms with van der Waals surface area (Å²) < 4.78 is 17.3. The number of esters is 1. The number of benzene rings is 4. The van der Waals surface area contributed by atoms with Crippen molar-refractivity contribution >= 4 is 44.9 Å². The first-order valence-corrected chi connectivity index (χ1v) is 13.6. The van der Waals surface area contributed by atoms with Gasteiger partial charge in [0, 0.05) is 15.4 Å². The molecule has 1 amide bonds. The Hall–Kier alpha value is -4.89. The minimum absolute atomic E-state index is 0.261. The molecule has 0 atom stereocenters. The Kier molecular flexibility index (Phi) is 8.45. The van der Waals surface area contributed by atoms with Crippen LogP contribution in [0.4, 0.5) is 0 Å². The first-order valence-electron chi connectivity index (χ1n) is 12.8. The Morgan fingerprint density at radius 1 is 0.951 bits per heavy atom. The molecule has 5 rings (SSSR count). The van der Waals surface area contributed by atoms with Gasteiger partial charge in [0.2, 0.25) is 0 Å². The summed E-state index contributed by atoms with van der Waals surface area (Å²) in [7, 11) is 1.53. The van der Waals surface area contributed by atoms with Gasteiger partial charge in [-0.1, -0.05) is 48.5 Å². The van der Waals surface area contributed by atoms with E-state index in [-0.39, 0.29) is 5.75 Å². The molecule has 0 spiro atoms. The molecule has 2 N–H and O–H groups in total. The highest BCUT2D eigenvalue weighted by atomic mass is 79.9. The number of H-pyrrole nitrogens is 1. The Morgan fingerprint density at radius 3 is 2.54 bits per heavy atom. The molecule has 0 aliphatic heterocycles. The summed E-state index contributed by atoms with van der Waals surface area (Å²) >= 11 is 3.57. The van der Waals surface area contributed by atoms with E-state index in [0.717, 1.165) is 26.5 Å². The molecule has 8 nitrogen and oxygen atoms in total. The number of aromatic amines is 1. The summed E-state index contributed by atoms with van der Waals surface area (Å²) in [6.07, 6.45) is 1.49. The molecule has 206 valence electrons. The molecule has 5 aromatic rings. The van der Waals surface area contributed by atoms with Crippen LogP contribution < -0.4 is 19.6 Å². The van der Waals surface area contributed by atoms with Crippen LogP contribution in [0.3, 0.4) is 0 Å². The van der Waals surface area contributed by atoms with Gasteiger partial charge in [-0.2, -0.15) is 5.10 Å². The normalized spacial score (nSPS) is 11.0. The largest absolute Gasteiger partial charge is 0.497 e. The number of methoxy groups -OCH3 is 1. The maximum Gasteiger partial charge on any atom is 0.343 e. The molecule has 0 fully saturated rings. The molecule has 9 heteroatoms. The minimum atomic E-state index is -0.544. The highest BCUT2D eigenvalue weighted by Crippen LogP contribution is 2.35. The van der Waals surface area contributed by atoms with Crippen molar-refractivity contribution in [2.45, 2.75) is 6.92 Å². The average Bonchev–Trinajstić information content (AvgIpc) is 3.40. The lowest BCUT2D eigenvalue weighted by molar-refractivity contribution is 0.0727. The predicted octanol–water partition coefficient (Wildman–Crippen LogP) is 6.99. The third kappa shape index (κ3) is 6.15. The van der Waals surface area contributed by atoms with Gasteiger partial charge in [0.25, 0.3) is 5.91 Å². The monoisotopic (exact) mass is 611 g/mol. The summed E-state index contributed by atoms with van der Waals surface area (Å²) in [5, 5.41) is 5.09. The lowest BCUT2D eigenvalue weighted by Gasteiger charge is -2.11. The van der Waals surface area contributed by atoms with Crippen molar-refractivity contribution in [3.8, 4) is 28.4 Å². The van der Waals surface area contributed by atoms with Crippen LogP contribution in [-0.2, 0) is 0 Å². The molecule has 0 saturated heterocycles. The van der Waals surface area contributed by atoms with Gasteiger partial charge in [0.1, 0.15) is 11.4 Å². The van der Waals surface area contributed by atoms with Crippen LogP contribution in [-0.4, -0.2) is 36.8 Å². The van der Waals surface area contributed by atoms with Crippen LogP contribution in [0.25, 0.3) is 22.0 Å². The van der Waals surface area contributed by atoms with Crippen molar-refractivity contribution in [2.75, 3.05) is 13.7 Å². The number of para-hydroxylation sites is 1. The molecule has 0 unspecified atom stereocenters. The molecule has 0 radical (unpaired) electrons. The molecule has 1 aromatic heterocycles. The zero-order valence-corrected chi connectivity index (χ0v) is 23.9. The lowest BCUT2D eigenvalue weighted by Crippen LogP contribution is -2.18. The second kappa shape index (κ2) is 12.5. The van der Waals surface area contributed by atoms with Gasteiger partial charge in [-0.15, -0.1) is 0 Å². The minimum Gasteiger partial charge on any atom is -0.497 e. The van der Waals surface area contributed by atoms with Crippen LogP contribution in [0, 0.1) is 0 Å². The Labute approximate surface area is 245 Å². The molecular weight excluding hydrogens is 586 g/mol. The van der Waals surface area contributed by atoms with Crippen LogP contribution in [0.1, 0.15) is 33.3 Å². The molecule has 1 heterocycles. The number of fused-ring (bicyclic) bond motifs is 1. The number of nitrogens with zero attached hydrogens (tertiary/aromatic N) is 1. The maximum atomic E-state index is 13.3. The standard InChI is InChI=1S/C32H26BrN3O5/c1-3-40-27-17-20(15-16-26(27)41-32(38)22-11-7-12-23(18-22)39-2)19-34-36-31(37)30-28(21-9-5-4-6-10-21)24-13-8-14-25(33)29(24)35-30/h4-19,35H,3H2,1-2H3,(H,36,37). The SMILES string of the molecule is CCOc1cc(C=NNC(=O)c2[nH]c3c(Br)cccc3c2-c2ccccc2)ccc1OC(=O)c1cccc(OC)c1. The Balaban J connectivity index is 1.36. The number of hydrogen-bond donors (Lipinski definition) is 2. The number of carbonyl (C=O) groups is 2. The number of nitrogens with one attached hydrogen (secondary N) is 2. The first kappa shape index (κ1) is 27.7. The number of amides is 1. The fraction of sp³-hybridized carbons (Fsp3) is 0.0938. The van der Waals surface area contributed by atoms with E-state index in [1.165, 1.54) is 13.3 Å². The first-order chi connectivity index (χ1) is 20.0. The fourth-order valence-electron chi connectivity index (χ4n) is 4.34. The number of rotatable bonds is 9. The maximum absolute atomic E-state index is 13.3. The summed E-state index contributed by atoms with van der Waals surface area (Å²) in [5.74, 6) is 0.242. The highest BCUT2D eigenvalue weighted by molar-refractivity contribution is 9.10. The molecule has 0 aliphatic rings. The van der Waals surface area contributed by atoms with Crippen LogP contribution in [0.5, 0.6) is 17.2 Å². The van der Waals surface area contributed by atoms with Crippen molar-refractivity contribution in [1.82, 2.24) is 10.4 Å². The van der Waals surface area contributed by atoms with E-state index in [1.807, 2.05) is 55.5 Å². The molecule has 0 aliphatic carbocycles. The van der Waals surface area contributed by atoms with Gasteiger partial charge in [-0.05, 0) is 76.4 Å². The quantitative estimate of drug-likeness (QED) is 0.0809. The Morgan fingerprint density at radius 2 is 1.76 bits per heavy atom. The van der Waals surface area contributed by atoms with Crippen LogP contribution in [0.2, 0.25) is 0 Å². The van der Waals surface area contributed by atoms with Gasteiger partial charge in [0.15, 0.2) is 11.5 Å². The van der Waals surface area contributed by atoms with E-state index in [9.17, 15) is 9.59 Å².